The van der Waals surface area contributed by atoms with Gasteiger partial charge < -0.3 is 10.2 Å². The van der Waals surface area contributed by atoms with Crippen molar-refractivity contribution < 1.29 is 0 Å². The smallest absolute Gasteiger partial charge is 0.0504 e. The van der Waals surface area contributed by atoms with E-state index in [2.05, 4.69) is 63.4 Å². The van der Waals surface area contributed by atoms with E-state index in [0.29, 0.717) is 6.04 Å². The van der Waals surface area contributed by atoms with E-state index in [0.717, 1.165) is 0 Å². The maximum Gasteiger partial charge on any atom is 0.0504 e. The molecule has 0 saturated heterocycles. The average molecular weight is 260 g/mol. The Kier molecular flexibility index (Phi) is 4.32. The summed E-state index contributed by atoms with van der Waals surface area (Å²) in [5, 5.41) is 3.59. The minimum absolute atomic E-state index is 0.274. The standard InChI is InChI=1S/C17H28N2/c1-13-8-9-15(12-14(13)2)16(18-3)17(19(4)5)10-6-7-11-17/h8-9,12,16,18H,6-7,10-11H2,1-5H3. The van der Waals surface area contributed by atoms with E-state index in [1.807, 2.05) is 0 Å². The first kappa shape index (κ1) is 14.5. The molecule has 1 aromatic rings. The Hall–Kier alpha value is -0.860. The summed E-state index contributed by atoms with van der Waals surface area (Å²) in [6, 6.07) is 7.34. The lowest BCUT2D eigenvalue weighted by Gasteiger charge is -2.43. The number of hydrogen-bond acceptors (Lipinski definition) is 2. The van der Waals surface area contributed by atoms with E-state index >= 15 is 0 Å². The summed E-state index contributed by atoms with van der Waals surface area (Å²) in [5.41, 5.74) is 4.48. The van der Waals surface area contributed by atoms with Gasteiger partial charge in [0.25, 0.3) is 0 Å². The van der Waals surface area contributed by atoms with E-state index in [9.17, 15) is 0 Å². The second kappa shape index (κ2) is 5.64. The molecule has 0 radical (unpaired) electrons. The predicted molar refractivity (Wildman–Crippen MR) is 82.6 cm³/mol. The molecule has 1 aliphatic rings. The van der Waals surface area contributed by atoms with Gasteiger partial charge in [-0.1, -0.05) is 31.0 Å². The summed E-state index contributed by atoms with van der Waals surface area (Å²) in [6.07, 6.45) is 5.28. The lowest BCUT2D eigenvalue weighted by atomic mass is 9.82. The van der Waals surface area contributed by atoms with Gasteiger partial charge in [-0.25, -0.2) is 0 Å². The number of rotatable bonds is 4. The second-order valence-corrected chi connectivity index (χ2v) is 6.27. The van der Waals surface area contributed by atoms with Crippen molar-refractivity contribution in [1.82, 2.24) is 10.2 Å². The number of benzene rings is 1. The van der Waals surface area contributed by atoms with Crippen LogP contribution in [0.4, 0.5) is 0 Å². The summed E-state index contributed by atoms with van der Waals surface area (Å²) in [7, 11) is 6.57. The molecule has 2 nitrogen and oxygen atoms in total. The van der Waals surface area contributed by atoms with Crippen LogP contribution in [0.15, 0.2) is 18.2 Å². The fourth-order valence-electron chi connectivity index (χ4n) is 3.67. The molecular formula is C17H28N2. The summed E-state index contributed by atoms with van der Waals surface area (Å²) in [5.74, 6) is 0. The minimum atomic E-state index is 0.274. The van der Waals surface area contributed by atoms with Gasteiger partial charge in [0, 0.05) is 5.54 Å². The maximum atomic E-state index is 3.59. The lowest BCUT2D eigenvalue weighted by molar-refractivity contribution is 0.108. The van der Waals surface area contributed by atoms with E-state index < -0.39 is 0 Å². The van der Waals surface area contributed by atoms with Crippen LogP contribution in [0.1, 0.15) is 48.4 Å². The molecular weight excluding hydrogens is 232 g/mol. The van der Waals surface area contributed by atoms with Crippen molar-refractivity contribution >= 4 is 0 Å². The molecule has 1 fully saturated rings. The third kappa shape index (κ3) is 2.56. The maximum absolute atomic E-state index is 3.59. The Bertz CT molecular complexity index is 431. The van der Waals surface area contributed by atoms with Crippen LogP contribution in [0, 0.1) is 13.8 Å². The van der Waals surface area contributed by atoms with Crippen molar-refractivity contribution in [2.75, 3.05) is 21.1 Å². The van der Waals surface area contributed by atoms with Crippen LogP contribution in [-0.2, 0) is 0 Å². The third-order valence-electron chi connectivity index (χ3n) is 5.05. The second-order valence-electron chi connectivity index (χ2n) is 6.27. The van der Waals surface area contributed by atoms with Gasteiger partial charge in [0.15, 0.2) is 0 Å². The third-order valence-corrected chi connectivity index (χ3v) is 5.05. The summed E-state index contributed by atoms with van der Waals surface area (Å²) >= 11 is 0. The molecule has 1 aromatic carbocycles. The Morgan fingerprint density at radius 3 is 2.21 bits per heavy atom. The van der Waals surface area contributed by atoms with E-state index in [1.54, 1.807) is 0 Å². The molecule has 1 aliphatic carbocycles. The molecule has 0 heterocycles. The largest absolute Gasteiger partial charge is 0.311 e. The first-order valence-corrected chi connectivity index (χ1v) is 7.43. The topological polar surface area (TPSA) is 15.3 Å². The van der Waals surface area contributed by atoms with Gasteiger partial charge in [0.2, 0.25) is 0 Å². The molecule has 0 aromatic heterocycles. The number of aryl methyl sites for hydroxylation is 2. The van der Waals surface area contributed by atoms with Crippen LogP contribution in [0.3, 0.4) is 0 Å². The molecule has 0 bridgehead atoms. The van der Waals surface area contributed by atoms with Crippen molar-refractivity contribution in [1.29, 1.82) is 0 Å². The molecule has 0 amide bonds. The highest BCUT2D eigenvalue weighted by Gasteiger charge is 2.43. The van der Waals surface area contributed by atoms with Crippen molar-refractivity contribution in [2.45, 2.75) is 51.1 Å². The van der Waals surface area contributed by atoms with Crippen molar-refractivity contribution in [3.8, 4) is 0 Å². The van der Waals surface area contributed by atoms with Crippen LogP contribution in [0.5, 0.6) is 0 Å². The molecule has 19 heavy (non-hydrogen) atoms. The normalized spacial score (nSPS) is 19.9. The van der Waals surface area contributed by atoms with Crippen LogP contribution >= 0.6 is 0 Å². The minimum Gasteiger partial charge on any atom is -0.311 e. The zero-order valence-electron chi connectivity index (χ0n) is 13.1. The lowest BCUT2D eigenvalue weighted by Crippen LogP contribution is -2.51. The fourth-order valence-corrected chi connectivity index (χ4v) is 3.67. The molecule has 106 valence electrons. The molecule has 0 spiro atoms. The summed E-state index contributed by atoms with van der Waals surface area (Å²) in [4.78, 5) is 2.44. The molecule has 1 N–H and O–H groups in total. The van der Waals surface area contributed by atoms with Gasteiger partial charge >= 0.3 is 0 Å². The zero-order chi connectivity index (χ0) is 14.0. The number of hydrogen-bond donors (Lipinski definition) is 1. The van der Waals surface area contributed by atoms with Crippen LogP contribution in [0.25, 0.3) is 0 Å². The molecule has 1 atom stereocenters. The SMILES string of the molecule is CNC(c1ccc(C)c(C)c1)C1(N(C)C)CCCC1. The zero-order valence-corrected chi connectivity index (χ0v) is 13.1. The van der Waals surface area contributed by atoms with Crippen molar-refractivity contribution in [3.63, 3.8) is 0 Å². The van der Waals surface area contributed by atoms with E-state index in [4.69, 9.17) is 0 Å². The summed E-state index contributed by atoms with van der Waals surface area (Å²) in [6.45, 7) is 4.40. The summed E-state index contributed by atoms with van der Waals surface area (Å²) < 4.78 is 0. The van der Waals surface area contributed by atoms with Gasteiger partial charge in [-0.05, 0) is 64.5 Å². The van der Waals surface area contributed by atoms with Crippen LogP contribution in [-0.4, -0.2) is 31.6 Å². The highest BCUT2D eigenvalue weighted by atomic mass is 15.2. The highest BCUT2D eigenvalue weighted by molar-refractivity contribution is 5.33. The average Bonchev–Trinajstić information content (AvgIpc) is 2.85. The van der Waals surface area contributed by atoms with Gasteiger partial charge in [0.05, 0.1) is 6.04 Å². The quantitative estimate of drug-likeness (QED) is 0.892. The molecule has 1 unspecified atom stereocenters. The molecule has 2 rings (SSSR count). The Morgan fingerprint density at radius 2 is 1.74 bits per heavy atom. The Morgan fingerprint density at radius 1 is 1.11 bits per heavy atom. The van der Waals surface area contributed by atoms with Gasteiger partial charge in [0.1, 0.15) is 0 Å². The monoisotopic (exact) mass is 260 g/mol. The molecule has 0 aliphatic heterocycles. The van der Waals surface area contributed by atoms with E-state index in [-0.39, 0.29) is 5.54 Å². The highest BCUT2D eigenvalue weighted by Crippen LogP contribution is 2.43. The fraction of sp³-hybridized carbons (Fsp3) is 0.647. The van der Waals surface area contributed by atoms with Gasteiger partial charge in [-0.15, -0.1) is 0 Å². The Balaban J connectivity index is 2.40. The van der Waals surface area contributed by atoms with Gasteiger partial charge in [-0.3, -0.25) is 0 Å². The van der Waals surface area contributed by atoms with E-state index in [1.165, 1.54) is 42.4 Å². The first-order valence-electron chi connectivity index (χ1n) is 7.43. The number of nitrogens with zero attached hydrogens (tertiary/aromatic N) is 1. The number of likely N-dealkylation sites (N-methyl/N-ethyl adjacent to an activating group) is 2. The van der Waals surface area contributed by atoms with Gasteiger partial charge in [-0.2, -0.15) is 0 Å². The predicted octanol–water partition coefficient (Wildman–Crippen LogP) is 3.44. The van der Waals surface area contributed by atoms with Crippen molar-refractivity contribution in [2.24, 2.45) is 0 Å². The van der Waals surface area contributed by atoms with Crippen molar-refractivity contribution in [3.05, 3.63) is 34.9 Å². The first-order chi connectivity index (χ1) is 9.01. The number of nitrogens with one attached hydrogen (secondary N) is 1. The molecule has 1 saturated carbocycles. The molecule has 2 heteroatoms. The Labute approximate surface area is 118 Å². The van der Waals surface area contributed by atoms with Crippen LogP contribution < -0.4 is 5.32 Å². The van der Waals surface area contributed by atoms with Crippen LogP contribution in [0.2, 0.25) is 0 Å².